The molecule has 1 fully saturated rings. The molecule has 1 aliphatic rings. The minimum Gasteiger partial charge on any atom is -0.380 e. The topological polar surface area (TPSA) is 50.4 Å². The first-order chi connectivity index (χ1) is 8.61. The van der Waals surface area contributed by atoms with E-state index in [2.05, 4.69) is 10.6 Å². The monoisotopic (exact) mass is 268 g/mol. The molecule has 98 valence electrons. The molecule has 1 aliphatic heterocycles. The summed E-state index contributed by atoms with van der Waals surface area (Å²) in [6.45, 7) is 2.60. The number of anilines is 1. The van der Waals surface area contributed by atoms with E-state index in [1.807, 2.05) is 19.1 Å². The first-order valence-electron chi connectivity index (χ1n) is 5.94. The second-order valence-corrected chi connectivity index (χ2v) is 4.86. The number of carbonyl (C=O) groups is 1. The fourth-order valence-corrected chi connectivity index (χ4v) is 2.22. The zero-order chi connectivity index (χ0) is 13.1. The Kier molecular flexibility index (Phi) is 4.22. The van der Waals surface area contributed by atoms with Gasteiger partial charge in [-0.05, 0) is 31.0 Å². The molecule has 5 heteroatoms. The third kappa shape index (κ3) is 2.83. The van der Waals surface area contributed by atoms with Crippen LogP contribution in [0.25, 0.3) is 0 Å². The van der Waals surface area contributed by atoms with Crippen LogP contribution in [-0.4, -0.2) is 31.7 Å². The zero-order valence-electron chi connectivity index (χ0n) is 10.5. The minimum absolute atomic E-state index is 0.0417. The van der Waals surface area contributed by atoms with Crippen molar-refractivity contribution >= 4 is 23.2 Å². The lowest BCUT2D eigenvalue weighted by Crippen LogP contribution is -2.35. The molecule has 0 aromatic heterocycles. The molecule has 2 atom stereocenters. The standard InChI is InChI=1S/C13H17ClN2O2/c1-8-10(14)4-3-5-11(8)16-13(17)12-6-9(18-2)7-15-12/h3-5,9,12,15H,6-7H2,1-2H3,(H,16,17). The van der Waals surface area contributed by atoms with Crippen molar-refractivity contribution in [2.45, 2.75) is 25.5 Å². The van der Waals surface area contributed by atoms with Gasteiger partial charge in [-0.3, -0.25) is 4.79 Å². The average Bonchev–Trinajstić information content (AvgIpc) is 2.83. The number of benzene rings is 1. The van der Waals surface area contributed by atoms with E-state index in [1.54, 1.807) is 13.2 Å². The van der Waals surface area contributed by atoms with Gasteiger partial charge in [-0.2, -0.15) is 0 Å². The maximum atomic E-state index is 12.1. The van der Waals surface area contributed by atoms with E-state index < -0.39 is 0 Å². The third-order valence-corrected chi connectivity index (χ3v) is 3.68. The van der Waals surface area contributed by atoms with Gasteiger partial charge >= 0.3 is 0 Å². The van der Waals surface area contributed by atoms with Crippen molar-refractivity contribution < 1.29 is 9.53 Å². The Labute approximate surface area is 112 Å². The summed E-state index contributed by atoms with van der Waals surface area (Å²) in [4.78, 5) is 12.1. The second kappa shape index (κ2) is 5.69. The van der Waals surface area contributed by atoms with Crippen molar-refractivity contribution in [2.75, 3.05) is 19.0 Å². The molecule has 0 saturated carbocycles. The summed E-state index contributed by atoms with van der Waals surface area (Å²) in [6, 6.07) is 5.28. The molecule has 0 spiro atoms. The minimum atomic E-state index is -0.201. The highest BCUT2D eigenvalue weighted by molar-refractivity contribution is 6.31. The van der Waals surface area contributed by atoms with Gasteiger partial charge in [0, 0.05) is 24.4 Å². The Morgan fingerprint density at radius 2 is 2.33 bits per heavy atom. The van der Waals surface area contributed by atoms with E-state index in [-0.39, 0.29) is 18.1 Å². The molecule has 0 aliphatic carbocycles. The van der Waals surface area contributed by atoms with Crippen LogP contribution in [0.3, 0.4) is 0 Å². The Bertz CT molecular complexity index is 451. The third-order valence-electron chi connectivity index (χ3n) is 3.27. The Hall–Kier alpha value is -1.10. The highest BCUT2D eigenvalue weighted by Crippen LogP contribution is 2.23. The smallest absolute Gasteiger partial charge is 0.241 e. The molecule has 2 unspecified atom stereocenters. The van der Waals surface area contributed by atoms with E-state index in [0.29, 0.717) is 18.0 Å². The van der Waals surface area contributed by atoms with Crippen LogP contribution < -0.4 is 10.6 Å². The summed E-state index contributed by atoms with van der Waals surface area (Å²) in [5.74, 6) is -0.0417. The molecule has 0 bridgehead atoms. The van der Waals surface area contributed by atoms with Gasteiger partial charge in [0.05, 0.1) is 12.1 Å². The molecule has 1 aromatic rings. The first kappa shape index (κ1) is 13.3. The van der Waals surface area contributed by atoms with Crippen LogP contribution in [0.4, 0.5) is 5.69 Å². The Balaban J connectivity index is 2.01. The van der Waals surface area contributed by atoms with Crippen molar-refractivity contribution in [2.24, 2.45) is 0 Å². The Morgan fingerprint density at radius 1 is 1.56 bits per heavy atom. The maximum Gasteiger partial charge on any atom is 0.241 e. The van der Waals surface area contributed by atoms with Gasteiger partial charge in [-0.25, -0.2) is 0 Å². The van der Waals surface area contributed by atoms with Gasteiger partial charge in [0.1, 0.15) is 0 Å². The van der Waals surface area contributed by atoms with Crippen molar-refractivity contribution in [3.63, 3.8) is 0 Å². The molecule has 4 nitrogen and oxygen atoms in total. The number of methoxy groups -OCH3 is 1. The molecule has 2 rings (SSSR count). The van der Waals surface area contributed by atoms with Crippen molar-refractivity contribution in [1.29, 1.82) is 0 Å². The molecule has 1 aromatic carbocycles. The van der Waals surface area contributed by atoms with E-state index >= 15 is 0 Å². The largest absolute Gasteiger partial charge is 0.380 e. The van der Waals surface area contributed by atoms with Gasteiger partial charge in [-0.1, -0.05) is 17.7 Å². The Morgan fingerprint density at radius 3 is 3.00 bits per heavy atom. The van der Waals surface area contributed by atoms with Crippen molar-refractivity contribution in [3.8, 4) is 0 Å². The lowest BCUT2D eigenvalue weighted by molar-refractivity contribution is -0.118. The van der Waals surface area contributed by atoms with Crippen LogP contribution in [0.5, 0.6) is 0 Å². The van der Waals surface area contributed by atoms with Crippen LogP contribution in [0, 0.1) is 6.92 Å². The lowest BCUT2D eigenvalue weighted by Gasteiger charge is -2.13. The highest BCUT2D eigenvalue weighted by atomic mass is 35.5. The van der Waals surface area contributed by atoms with Crippen molar-refractivity contribution in [1.82, 2.24) is 5.32 Å². The maximum absolute atomic E-state index is 12.1. The van der Waals surface area contributed by atoms with Gasteiger partial charge in [0.2, 0.25) is 5.91 Å². The van der Waals surface area contributed by atoms with Crippen LogP contribution in [0.2, 0.25) is 5.02 Å². The number of halogens is 1. The zero-order valence-corrected chi connectivity index (χ0v) is 11.3. The van der Waals surface area contributed by atoms with Gasteiger partial charge in [0.25, 0.3) is 0 Å². The number of amides is 1. The molecule has 1 heterocycles. The van der Waals surface area contributed by atoms with Crippen molar-refractivity contribution in [3.05, 3.63) is 28.8 Å². The summed E-state index contributed by atoms with van der Waals surface area (Å²) in [7, 11) is 1.66. The van der Waals surface area contributed by atoms with Crippen LogP contribution in [0.1, 0.15) is 12.0 Å². The lowest BCUT2D eigenvalue weighted by atomic mass is 10.1. The fraction of sp³-hybridized carbons (Fsp3) is 0.462. The summed E-state index contributed by atoms with van der Waals surface area (Å²) in [6.07, 6.45) is 0.809. The number of hydrogen-bond acceptors (Lipinski definition) is 3. The quantitative estimate of drug-likeness (QED) is 0.881. The van der Waals surface area contributed by atoms with E-state index in [9.17, 15) is 4.79 Å². The molecule has 1 saturated heterocycles. The summed E-state index contributed by atoms with van der Waals surface area (Å²) < 4.78 is 5.22. The van der Waals surface area contributed by atoms with E-state index in [1.165, 1.54) is 0 Å². The van der Waals surface area contributed by atoms with Crippen LogP contribution >= 0.6 is 11.6 Å². The molecular formula is C13H17ClN2O2. The van der Waals surface area contributed by atoms with E-state index in [0.717, 1.165) is 11.3 Å². The average molecular weight is 269 g/mol. The van der Waals surface area contributed by atoms with Crippen LogP contribution in [-0.2, 0) is 9.53 Å². The predicted molar refractivity (Wildman–Crippen MR) is 72.0 cm³/mol. The summed E-state index contributed by atoms with van der Waals surface area (Å²) in [5, 5.41) is 6.69. The predicted octanol–water partition coefficient (Wildman–Crippen LogP) is 1.96. The van der Waals surface area contributed by atoms with Gasteiger partial charge in [-0.15, -0.1) is 0 Å². The number of ether oxygens (including phenoxy) is 1. The molecule has 2 N–H and O–H groups in total. The highest BCUT2D eigenvalue weighted by Gasteiger charge is 2.29. The SMILES string of the molecule is COC1CNC(C(=O)Nc2cccc(Cl)c2C)C1. The second-order valence-electron chi connectivity index (χ2n) is 4.46. The molecule has 18 heavy (non-hydrogen) atoms. The number of rotatable bonds is 3. The van der Waals surface area contributed by atoms with Crippen LogP contribution in [0.15, 0.2) is 18.2 Å². The first-order valence-corrected chi connectivity index (χ1v) is 6.31. The number of hydrogen-bond donors (Lipinski definition) is 2. The molecule has 0 radical (unpaired) electrons. The van der Waals surface area contributed by atoms with E-state index in [4.69, 9.17) is 16.3 Å². The fourth-order valence-electron chi connectivity index (χ4n) is 2.05. The summed E-state index contributed by atoms with van der Waals surface area (Å²) in [5.41, 5.74) is 1.64. The molecular weight excluding hydrogens is 252 g/mol. The normalized spacial score (nSPS) is 23.1. The van der Waals surface area contributed by atoms with Gasteiger partial charge < -0.3 is 15.4 Å². The molecule has 1 amide bonds. The summed E-state index contributed by atoms with van der Waals surface area (Å²) >= 11 is 6.02. The van der Waals surface area contributed by atoms with Gasteiger partial charge in [0.15, 0.2) is 0 Å². The number of nitrogens with one attached hydrogen (secondary N) is 2. The number of carbonyl (C=O) groups excluding carboxylic acids is 1.